The Morgan fingerprint density at radius 2 is 2.05 bits per heavy atom. The zero-order chi connectivity index (χ0) is 15.5. The van der Waals surface area contributed by atoms with Gasteiger partial charge in [0, 0.05) is 25.0 Å². The molecule has 0 bridgehead atoms. The summed E-state index contributed by atoms with van der Waals surface area (Å²) in [5.41, 5.74) is 0.740. The molecule has 1 unspecified atom stereocenters. The van der Waals surface area contributed by atoms with Crippen LogP contribution in [0.15, 0.2) is 53.7 Å². The lowest BCUT2D eigenvalue weighted by Gasteiger charge is -2.27. The molecule has 21 heavy (non-hydrogen) atoms. The van der Waals surface area contributed by atoms with E-state index in [2.05, 4.69) is 4.98 Å². The SMILES string of the molecule is CCN(C(C)c1cccc(O)c1)S(=O)(=O)c1cccnc1. The lowest BCUT2D eigenvalue weighted by atomic mass is 10.1. The van der Waals surface area contributed by atoms with Crippen LogP contribution >= 0.6 is 0 Å². The van der Waals surface area contributed by atoms with Crippen LogP contribution in [0.1, 0.15) is 25.5 Å². The average molecular weight is 306 g/mol. The second-order valence-corrected chi connectivity index (χ2v) is 6.56. The first-order valence-corrected chi connectivity index (χ1v) is 8.11. The molecule has 5 nitrogen and oxygen atoms in total. The fourth-order valence-corrected chi connectivity index (χ4v) is 3.83. The van der Waals surface area contributed by atoms with Crippen molar-refractivity contribution in [3.8, 4) is 5.75 Å². The Morgan fingerprint density at radius 3 is 2.62 bits per heavy atom. The van der Waals surface area contributed by atoms with Crippen LogP contribution in [-0.4, -0.2) is 29.4 Å². The molecule has 0 radical (unpaired) electrons. The monoisotopic (exact) mass is 306 g/mol. The molecule has 1 aromatic carbocycles. The van der Waals surface area contributed by atoms with Gasteiger partial charge in [0.25, 0.3) is 0 Å². The normalized spacial score (nSPS) is 13.3. The van der Waals surface area contributed by atoms with Gasteiger partial charge in [-0.15, -0.1) is 0 Å². The Morgan fingerprint density at radius 1 is 1.29 bits per heavy atom. The fourth-order valence-electron chi connectivity index (χ4n) is 2.24. The quantitative estimate of drug-likeness (QED) is 0.921. The van der Waals surface area contributed by atoms with Crippen LogP contribution in [0.3, 0.4) is 0 Å². The lowest BCUT2D eigenvalue weighted by Crippen LogP contribution is -2.33. The zero-order valence-corrected chi connectivity index (χ0v) is 12.8. The van der Waals surface area contributed by atoms with Crippen molar-refractivity contribution in [1.29, 1.82) is 0 Å². The van der Waals surface area contributed by atoms with E-state index in [4.69, 9.17) is 0 Å². The van der Waals surface area contributed by atoms with Crippen molar-refractivity contribution in [3.05, 3.63) is 54.4 Å². The molecule has 0 fully saturated rings. The van der Waals surface area contributed by atoms with Gasteiger partial charge in [0.05, 0.1) is 0 Å². The third-order valence-electron chi connectivity index (χ3n) is 3.34. The summed E-state index contributed by atoms with van der Waals surface area (Å²) in [5, 5.41) is 9.56. The van der Waals surface area contributed by atoms with E-state index in [1.807, 2.05) is 0 Å². The maximum absolute atomic E-state index is 12.7. The van der Waals surface area contributed by atoms with E-state index in [9.17, 15) is 13.5 Å². The Kier molecular flexibility index (Phi) is 4.59. The number of benzene rings is 1. The number of hydrogen-bond acceptors (Lipinski definition) is 4. The van der Waals surface area contributed by atoms with Crippen LogP contribution in [0.25, 0.3) is 0 Å². The Bertz CT molecular complexity index is 702. The lowest BCUT2D eigenvalue weighted by molar-refractivity contribution is 0.355. The van der Waals surface area contributed by atoms with Crippen LogP contribution in [0.2, 0.25) is 0 Å². The second kappa shape index (κ2) is 6.24. The van der Waals surface area contributed by atoms with Gasteiger partial charge in [0.15, 0.2) is 0 Å². The van der Waals surface area contributed by atoms with E-state index in [0.717, 1.165) is 5.56 Å². The van der Waals surface area contributed by atoms with Gasteiger partial charge in [-0.05, 0) is 36.8 Å². The third kappa shape index (κ3) is 3.22. The summed E-state index contributed by atoms with van der Waals surface area (Å²) in [6.45, 7) is 3.91. The summed E-state index contributed by atoms with van der Waals surface area (Å²) in [4.78, 5) is 4.03. The molecular weight excluding hydrogens is 288 g/mol. The number of rotatable bonds is 5. The maximum atomic E-state index is 12.7. The summed E-state index contributed by atoms with van der Waals surface area (Å²) in [6, 6.07) is 9.37. The van der Waals surface area contributed by atoms with Crippen LogP contribution in [0.4, 0.5) is 0 Å². The van der Waals surface area contributed by atoms with Gasteiger partial charge < -0.3 is 5.11 Å². The van der Waals surface area contributed by atoms with Crippen LogP contribution < -0.4 is 0 Å². The van der Waals surface area contributed by atoms with E-state index < -0.39 is 10.0 Å². The Balaban J connectivity index is 2.40. The number of pyridine rings is 1. The van der Waals surface area contributed by atoms with Crippen molar-refractivity contribution >= 4 is 10.0 Å². The molecule has 1 heterocycles. The number of aromatic hydroxyl groups is 1. The first kappa shape index (κ1) is 15.5. The van der Waals surface area contributed by atoms with Gasteiger partial charge in [-0.2, -0.15) is 4.31 Å². The van der Waals surface area contributed by atoms with Crippen molar-refractivity contribution in [3.63, 3.8) is 0 Å². The molecule has 0 amide bonds. The highest BCUT2D eigenvalue weighted by atomic mass is 32.2. The van der Waals surface area contributed by atoms with Gasteiger partial charge in [-0.3, -0.25) is 4.98 Å². The molecule has 1 N–H and O–H groups in total. The molecule has 2 aromatic rings. The molecule has 2 rings (SSSR count). The van der Waals surface area contributed by atoms with Gasteiger partial charge in [-0.25, -0.2) is 8.42 Å². The van der Waals surface area contributed by atoms with Crippen molar-refractivity contribution in [1.82, 2.24) is 9.29 Å². The van der Waals surface area contributed by atoms with Gasteiger partial charge >= 0.3 is 0 Å². The van der Waals surface area contributed by atoms with Crippen molar-refractivity contribution in [2.45, 2.75) is 24.8 Å². The molecule has 0 saturated carbocycles. The number of nitrogens with zero attached hydrogens (tertiary/aromatic N) is 2. The minimum Gasteiger partial charge on any atom is -0.508 e. The minimum absolute atomic E-state index is 0.120. The van der Waals surface area contributed by atoms with Crippen molar-refractivity contribution in [2.75, 3.05) is 6.54 Å². The van der Waals surface area contributed by atoms with Gasteiger partial charge in [0.2, 0.25) is 10.0 Å². The molecule has 0 aliphatic heterocycles. The van der Waals surface area contributed by atoms with Crippen molar-refractivity contribution < 1.29 is 13.5 Å². The molecule has 112 valence electrons. The van der Waals surface area contributed by atoms with E-state index in [-0.39, 0.29) is 16.7 Å². The molecule has 0 spiro atoms. The minimum atomic E-state index is -3.62. The summed E-state index contributed by atoms with van der Waals surface area (Å²) < 4.78 is 26.8. The maximum Gasteiger partial charge on any atom is 0.245 e. The van der Waals surface area contributed by atoms with E-state index in [1.54, 1.807) is 44.2 Å². The van der Waals surface area contributed by atoms with E-state index >= 15 is 0 Å². The molecular formula is C15H18N2O3S. The zero-order valence-electron chi connectivity index (χ0n) is 12.0. The summed E-state index contributed by atoms with van der Waals surface area (Å²) in [5.74, 6) is 0.120. The first-order chi connectivity index (χ1) is 9.96. The average Bonchev–Trinajstić information content (AvgIpc) is 2.48. The predicted octanol–water partition coefficient (Wildman–Crippen LogP) is 2.56. The standard InChI is InChI=1S/C15H18N2O3S/c1-3-17(12(2)13-6-4-7-14(18)10-13)21(19,20)15-8-5-9-16-11-15/h4-12,18H,3H2,1-2H3. The molecule has 1 aromatic heterocycles. The Hall–Kier alpha value is -1.92. The molecule has 6 heteroatoms. The molecule has 0 saturated heterocycles. The molecule has 0 aliphatic rings. The smallest absolute Gasteiger partial charge is 0.245 e. The summed E-state index contributed by atoms with van der Waals surface area (Å²) in [6.07, 6.45) is 2.88. The predicted molar refractivity (Wildman–Crippen MR) is 80.3 cm³/mol. The molecule has 0 aliphatic carbocycles. The topological polar surface area (TPSA) is 70.5 Å². The van der Waals surface area contributed by atoms with Gasteiger partial charge in [0.1, 0.15) is 10.6 Å². The first-order valence-electron chi connectivity index (χ1n) is 6.67. The fraction of sp³-hybridized carbons (Fsp3) is 0.267. The summed E-state index contributed by atoms with van der Waals surface area (Å²) in [7, 11) is -3.62. The number of aromatic nitrogens is 1. The van der Waals surface area contributed by atoms with Gasteiger partial charge in [-0.1, -0.05) is 19.1 Å². The number of phenols is 1. The van der Waals surface area contributed by atoms with Crippen LogP contribution in [-0.2, 0) is 10.0 Å². The van der Waals surface area contributed by atoms with Crippen molar-refractivity contribution in [2.24, 2.45) is 0 Å². The Labute approximate surface area is 124 Å². The highest BCUT2D eigenvalue weighted by Gasteiger charge is 2.28. The highest BCUT2D eigenvalue weighted by Crippen LogP contribution is 2.28. The highest BCUT2D eigenvalue weighted by molar-refractivity contribution is 7.89. The van der Waals surface area contributed by atoms with Crippen LogP contribution in [0.5, 0.6) is 5.75 Å². The molecule has 1 atom stereocenters. The largest absolute Gasteiger partial charge is 0.508 e. The van der Waals surface area contributed by atoms with Crippen LogP contribution in [0, 0.1) is 0 Å². The number of sulfonamides is 1. The van der Waals surface area contributed by atoms with E-state index in [1.165, 1.54) is 22.8 Å². The summed E-state index contributed by atoms with van der Waals surface area (Å²) >= 11 is 0. The number of hydrogen-bond donors (Lipinski definition) is 1. The second-order valence-electron chi connectivity index (χ2n) is 4.67. The number of phenolic OH excluding ortho intramolecular Hbond substituents is 1. The van der Waals surface area contributed by atoms with E-state index in [0.29, 0.717) is 6.54 Å². The third-order valence-corrected chi connectivity index (χ3v) is 5.37.